The minimum atomic E-state index is -1.50. The summed E-state index contributed by atoms with van der Waals surface area (Å²) in [4.78, 5) is 8.36. The Morgan fingerprint density at radius 2 is 1.57 bits per heavy atom. The molecule has 0 saturated carbocycles. The molecule has 6 nitrogen and oxygen atoms in total. The fraction of sp³-hybridized carbons (Fsp3) is 0. The summed E-state index contributed by atoms with van der Waals surface area (Å²) in [6, 6.07) is 0. The molecular weight excluding hydrogens is 105 g/mol. The van der Waals surface area contributed by atoms with E-state index < -0.39 is 5.09 Å². The fourth-order valence-electron chi connectivity index (χ4n) is 0. The highest BCUT2D eigenvalue weighted by molar-refractivity contribution is 6.13. The summed E-state index contributed by atoms with van der Waals surface area (Å²) >= 11 is 0. The van der Waals surface area contributed by atoms with E-state index in [0.717, 1.165) is 0 Å². The maximum absolute atomic E-state index is 8.36. The Morgan fingerprint density at radius 1 is 1.57 bits per heavy atom. The van der Waals surface area contributed by atoms with Crippen molar-refractivity contribution in [3.8, 4) is 0 Å². The van der Waals surface area contributed by atoms with Crippen molar-refractivity contribution >= 4 is 7.69 Å². The third-order valence-corrected chi connectivity index (χ3v) is 0. The molecule has 0 aromatic heterocycles. The van der Waals surface area contributed by atoms with E-state index in [1.165, 1.54) is 0 Å². The highest BCUT2D eigenvalue weighted by Gasteiger charge is 1.65. The summed E-state index contributed by atoms with van der Waals surface area (Å²) < 4.78 is 0. The van der Waals surface area contributed by atoms with Crippen molar-refractivity contribution in [2.75, 3.05) is 0 Å². The van der Waals surface area contributed by atoms with E-state index in [4.69, 9.17) is 25.4 Å². The normalized spacial score (nSPS) is 5.43. The minimum Gasteiger partial charge on any atom is -0.429 e. The molecule has 0 heterocycles. The largest absolute Gasteiger partial charge is 0.482 e. The molecule has 3 N–H and O–H groups in total. The first-order valence-electron chi connectivity index (χ1n) is 1.08. The molecule has 0 aromatic rings. The molecule has 0 aliphatic heterocycles. The van der Waals surface area contributed by atoms with E-state index >= 15 is 0 Å². The molecule has 0 aromatic carbocycles. The Hall–Kier alpha value is -0.815. The molecule has 0 fully saturated rings. The predicted octanol–water partition coefficient (Wildman–Crippen LogP) is -1.84. The van der Waals surface area contributed by atoms with Crippen LogP contribution in [0.4, 0.5) is 0 Å². The van der Waals surface area contributed by atoms with Gasteiger partial charge in [-0.3, -0.25) is 0 Å². The van der Waals surface area contributed by atoms with E-state index in [1.807, 2.05) is 0 Å². The smallest absolute Gasteiger partial charge is 0.429 e. The quantitative estimate of drug-likeness (QED) is 0.192. The van der Waals surface area contributed by atoms with E-state index in [2.05, 4.69) is 0 Å². The predicted molar refractivity (Wildman–Crippen MR) is 19.0 cm³/mol. The molecule has 0 atom stereocenters. The van der Waals surface area contributed by atoms with Crippen LogP contribution >= 0.6 is 0 Å². The Labute approximate surface area is 39.4 Å². The fourth-order valence-corrected chi connectivity index (χ4v) is 0. The van der Waals surface area contributed by atoms with Crippen molar-refractivity contribution in [3.63, 3.8) is 0 Å². The zero-order chi connectivity index (χ0) is 6.28. The van der Waals surface area contributed by atoms with Crippen LogP contribution in [-0.2, 0) is 0 Å². The van der Waals surface area contributed by atoms with Gasteiger partial charge in [-0.2, -0.15) is 0 Å². The van der Waals surface area contributed by atoms with Gasteiger partial charge in [0, 0.05) is 0 Å². The van der Waals surface area contributed by atoms with Crippen LogP contribution < -0.4 is 0 Å². The molecule has 1 radical (unpaired) electrons. The van der Waals surface area contributed by atoms with Crippen molar-refractivity contribution < 1.29 is 20.3 Å². The number of nitrogens with zero attached hydrogens (tertiary/aromatic N) is 1. The molecule has 41 valence electrons. The highest BCUT2D eigenvalue weighted by Crippen LogP contribution is 1.38. The average molecular weight is 108 g/mol. The molecule has 0 spiro atoms. The summed E-state index contributed by atoms with van der Waals surface area (Å²) in [5, 5.41) is 27.6. The highest BCUT2D eigenvalue weighted by atomic mass is 16.9. The van der Waals surface area contributed by atoms with Gasteiger partial charge in [0.05, 0.1) is 0 Å². The molecule has 0 bridgehead atoms. The molecular formula is H3BNO5. The molecule has 0 rings (SSSR count). The first-order valence-corrected chi connectivity index (χ1v) is 1.08. The molecule has 0 saturated heterocycles. The Balaban J connectivity index is 0. The van der Waals surface area contributed by atoms with Crippen LogP contribution in [0, 0.1) is 10.1 Å². The van der Waals surface area contributed by atoms with Crippen molar-refractivity contribution in [2.24, 2.45) is 0 Å². The van der Waals surface area contributed by atoms with Gasteiger partial charge in [-0.05, 0) is 0 Å². The standard InChI is InChI=1S/BH2O2.HNO3/c2-1-3;2-1(3)4/h2-3H;(H,2,3,4). The molecule has 0 unspecified atom stereocenters. The van der Waals surface area contributed by atoms with Gasteiger partial charge >= 0.3 is 7.69 Å². The second-order valence-electron chi connectivity index (χ2n) is 0.353. The minimum absolute atomic E-state index is 0. The topological polar surface area (TPSA) is 104 Å². The lowest BCUT2D eigenvalue weighted by atomic mass is 10.5. The second-order valence-corrected chi connectivity index (χ2v) is 0.353. The third-order valence-electron chi connectivity index (χ3n) is 0. The summed E-state index contributed by atoms with van der Waals surface area (Å²) in [5.74, 6) is 0. The average Bonchev–Trinajstić information content (AvgIpc) is 1.33. The van der Waals surface area contributed by atoms with Gasteiger partial charge in [-0.15, -0.1) is 10.1 Å². The van der Waals surface area contributed by atoms with Gasteiger partial charge in [0.1, 0.15) is 0 Å². The second kappa shape index (κ2) is 8.95. The number of hydrogen-bond acceptors (Lipinski definition) is 4. The van der Waals surface area contributed by atoms with Crippen LogP contribution in [0.25, 0.3) is 0 Å². The van der Waals surface area contributed by atoms with Gasteiger partial charge in [-0.25, -0.2) is 0 Å². The lowest BCUT2D eigenvalue weighted by molar-refractivity contribution is -0.742. The maximum Gasteiger partial charge on any atom is 0.482 e. The first kappa shape index (κ1) is 9.49. The van der Waals surface area contributed by atoms with Crippen LogP contribution in [0.1, 0.15) is 0 Å². The summed E-state index contributed by atoms with van der Waals surface area (Å²) in [5.41, 5.74) is 0. The Kier molecular flexibility index (Phi) is 12.1. The number of rotatable bonds is 0. The molecule has 0 amide bonds. The number of hydrogen-bond donors (Lipinski definition) is 3. The molecule has 0 aliphatic rings. The van der Waals surface area contributed by atoms with Crippen LogP contribution in [0.15, 0.2) is 0 Å². The van der Waals surface area contributed by atoms with Crippen LogP contribution in [0.2, 0.25) is 0 Å². The summed E-state index contributed by atoms with van der Waals surface area (Å²) in [6.07, 6.45) is 0. The zero-order valence-electron chi connectivity index (χ0n) is 3.18. The van der Waals surface area contributed by atoms with Crippen molar-refractivity contribution in [1.29, 1.82) is 0 Å². The Morgan fingerprint density at radius 3 is 1.57 bits per heavy atom. The molecule has 7 heteroatoms. The van der Waals surface area contributed by atoms with Gasteiger partial charge in [0.25, 0.3) is 5.09 Å². The molecule has 7 heavy (non-hydrogen) atoms. The van der Waals surface area contributed by atoms with Crippen LogP contribution in [-0.4, -0.2) is 28.0 Å². The van der Waals surface area contributed by atoms with Gasteiger partial charge in [0.15, 0.2) is 0 Å². The van der Waals surface area contributed by atoms with Crippen molar-refractivity contribution in [3.05, 3.63) is 10.1 Å². The van der Waals surface area contributed by atoms with Gasteiger partial charge in [0.2, 0.25) is 0 Å². The monoisotopic (exact) mass is 108 g/mol. The summed E-state index contributed by atoms with van der Waals surface area (Å²) in [6.45, 7) is 0. The zero-order valence-corrected chi connectivity index (χ0v) is 3.18. The van der Waals surface area contributed by atoms with Crippen molar-refractivity contribution in [2.45, 2.75) is 0 Å². The molecule has 0 aliphatic carbocycles. The Bertz CT molecular complexity index is 39.3. The van der Waals surface area contributed by atoms with Crippen molar-refractivity contribution in [1.82, 2.24) is 0 Å². The lowest BCUT2D eigenvalue weighted by Gasteiger charge is -1.56. The third kappa shape index (κ3) is 79.2. The SMILES string of the molecule is O=[N+]([O-])O.O[B]O. The van der Waals surface area contributed by atoms with Crippen LogP contribution in [0.5, 0.6) is 0 Å². The van der Waals surface area contributed by atoms with E-state index in [-0.39, 0.29) is 7.69 Å². The van der Waals surface area contributed by atoms with Gasteiger partial charge in [-0.1, -0.05) is 0 Å². The van der Waals surface area contributed by atoms with Gasteiger partial charge < -0.3 is 15.3 Å². The van der Waals surface area contributed by atoms with E-state index in [0.29, 0.717) is 0 Å². The van der Waals surface area contributed by atoms with E-state index in [1.54, 1.807) is 0 Å². The van der Waals surface area contributed by atoms with Crippen LogP contribution in [0.3, 0.4) is 0 Å². The maximum atomic E-state index is 8.36. The first-order chi connectivity index (χ1) is 3.15. The summed E-state index contributed by atoms with van der Waals surface area (Å²) in [7, 11) is 0. The van der Waals surface area contributed by atoms with E-state index in [9.17, 15) is 0 Å². The lowest BCUT2D eigenvalue weighted by Crippen LogP contribution is -1.81.